The monoisotopic (exact) mass is 204 g/mol. The molecule has 0 aliphatic carbocycles. The lowest BCUT2D eigenvalue weighted by molar-refractivity contribution is -0.115. The van der Waals surface area contributed by atoms with E-state index in [4.69, 9.17) is 0 Å². The summed E-state index contributed by atoms with van der Waals surface area (Å²) in [6.45, 7) is 6.74. The topological polar surface area (TPSA) is 32.3 Å². The first-order valence-corrected chi connectivity index (χ1v) is 5.25. The lowest BCUT2D eigenvalue weighted by Gasteiger charge is -2.35. The number of carbonyl (C=O) groups is 1. The van der Waals surface area contributed by atoms with E-state index in [0.717, 1.165) is 11.4 Å². The summed E-state index contributed by atoms with van der Waals surface area (Å²) in [4.78, 5) is 13.6. The first-order chi connectivity index (χ1) is 7.09. The van der Waals surface area contributed by atoms with Gasteiger partial charge in [-0.3, -0.25) is 4.79 Å². The maximum absolute atomic E-state index is 11.5. The molecule has 1 N–H and O–H groups in total. The van der Waals surface area contributed by atoms with E-state index in [1.165, 1.54) is 5.56 Å². The predicted molar refractivity (Wildman–Crippen MR) is 62.3 cm³/mol. The van der Waals surface area contributed by atoms with Gasteiger partial charge in [0.25, 0.3) is 0 Å². The van der Waals surface area contributed by atoms with Gasteiger partial charge in [0.2, 0.25) is 5.91 Å². The van der Waals surface area contributed by atoms with Crippen LogP contribution in [-0.2, 0) is 4.79 Å². The zero-order valence-electron chi connectivity index (χ0n) is 9.37. The standard InChI is InChI=1S/C12H16N2O/c1-8(2)14-7-11(15)13-10-6-4-5-9(3)12(10)14/h4-6,8H,7H2,1-3H3,(H,13,15). The van der Waals surface area contributed by atoms with Crippen molar-refractivity contribution in [3.8, 4) is 0 Å². The molecule has 3 heteroatoms. The lowest BCUT2D eigenvalue weighted by atomic mass is 10.1. The quantitative estimate of drug-likeness (QED) is 0.760. The van der Waals surface area contributed by atoms with Crippen molar-refractivity contribution in [3.63, 3.8) is 0 Å². The lowest BCUT2D eigenvalue weighted by Crippen LogP contribution is -2.42. The second-order valence-corrected chi connectivity index (χ2v) is 4.24. The summed E-state index contributed by atoms with van der Waals surface area (Å²) < 4.78 is 0. The van der Waals surface area contributed by atoms with Crippen molar-refractivity contribution in [2.75, 3.05) is 16.8 Å². The normalized spacial score (nSPS) is 15.2. The van der Waals surface area contributed by atoms with Gasteiger partial charge in [0.15, 0.2) is 0 Å². The highest BCUT2D eigenvalue weighted by molar-refractivity contribution is 6.01. The number of anilines is 2. The number of hydrogen-bond donors (Lipinski definition) is 1. The Balaban J connectivity index is 2.52. The van der Waals surface area contributed by atoms with Gasteiger partial charge in [-0.15, -0.1) is 0 Å². The van der Waals surface area contributed by atoms with Crippen molar-refractivity contribution in [2.45, 2.75) is 26.8 Å². The molecule has 1 amide bonds. The van der Waals surface area contributed by atoms with Gasteiger partial charge in [-0.05, 0) is 32.4 Å². The Labute approximate surface area is 90.1 Å². The number of hydrogen-bond acceptors (Lipinski definition) is 2. The van der Waals surface area contributed by atoms with Crippen LogP contribution in [0, 0.1) is 6.92 Å². The van der Waals surface area contributed by atoms with Crippen LogP contribution in [0.1, 0.15) is 19.4 Å². The Morgan fingerprint density at radius 2 is 2.13 bits per heavy atom. The highest BCUT2D eigenvalue weighted by atomic mass is 16.2. The van der Waals surface area contributed by atoms with Crippen LogP contribution in [-0.4, -0.2) is 18.5 Å². The van der Waals surface area contributed by atoms with Crippen molar-refractivity contribution in [3.05, 3.63) is 23.8 Å². The molecule has 0 saturated heterocycles. The molecule has 2 rings (SSSR count). The van der Waals surface area contributed by atoms with Crippen LogP contribution in [0.3, 0.4) is 0 Å². The average molecular weight is 204 g/mol. The Morgan fingerprint density at radius 3 is 2.80 bits per heavy atom. The number of benzene rings is 1. The van der Waals surface area contributed by atoms with Gasteiger partial charge in [-0.2, -0.15) is 0 Å². The highest BCUT2D eigenvalue weighted by Gasteiger charge is 2.24. The second kappa shape index (κ2) is 3.57. The van der Waals surface area contributed by atoms with E-state index < -0.39 is 0 Å². The van der Waals surface area contributed by atoms with E-state index >= 15 is 0 Å². The largest absolute Gasteiger partial charge is 0.358 e. The van der Waals surface area contributed by atoms with Crippen LogP contribution in [0.15, 0.2) is 18.2 Å². The summed E-state index contributed by atoms with van der Waals surface area (Å²) in [5, 5.41) is 2.90. The number of amides is 1. The van der Waals surface area contributed by atoms with Crippen molar-refractivity contribution in [1.29, 1.82) is 0 Å². The average Bonchev–Trinajstić information content (AvgIpc) is 2.16. The highest BCUT2D eigenvalue weighted by Crippen LogP contribution is 2.33. The molecule has 1 heterocycles. The predicted octanol–water partition coefficient (Wildman–Crippen LogP) is 2.16. The minimum absolute atomic E-state index is 0.0711. The molecule has 1 aromatic carbocycles. The van der Waals surface area contributed by atoms with Crippen molar-refractivity contribution in [1.82, 2.24) is 0 Å². The van der Waals surface area contributed by atoms with Gasteiger partial charge >= 0.3 is 0 Å². The van der Waals surface area contributed by atoms with Crippen molar-refractivity contribution >= 4 is 17.3 Å². The molecule has 1 aromatic rings. The minimum Gasteiger partial charge on any atom is -0.358 e. The third kappa shape index (κ3) is 1.69. The fraction of sp³-hybridized carbons (Fsp3) is 0.417. The number of carbonyl (C=O) groups excluding carboxylic acids is 1. The molecule has 0 fully saturated rings. The summed E-state index contributed by atoms with van der Waals surface area (Å²) >= 11 is 0. The summed E-state index contributed by atoms with van der Waals surface area (Å²) in [6.07, 6.45) is 0. The van der Waals surface area contributed by atoms with Gasteiger partial charge in [0, 0.05) is 6.04 Å². The van der Waals surface area contributed by atoms with Gasteiger partial charge in [0.1, 0.15) is 0 Å². The van der Waals surface area contributed by atoms with Crippen molar-refractivity contribution in [2.24, 2.45) is 0 Å². The van der Waals surface area contributed by atoms with E-state index in [1.54, 1.807) is 0 Å². The Hall–Kier alpha value is -1.51. The third-order valence-electron chi connectivity index (χ3n) is 2.74. The summed E-state index contributed by atoms with van der Waals surface area (Å²) in [5.74, 6) is 0.0711. The summed E-state index contributed by atoms with van der Waals surface area (Å²) in [5.41, 5.74) is 3.30. The van der Waals surface area contributed by atoms with E-state index in [-0.39, 0.29) is 5.91 Å². The van der Waals surface area contributed by atoms with Crippen LogP contribution in [0.25, 0.3) is 0 Å². The molecule has 3 nitrogen and oxygen atoms in total. The molecule has 0 aromatic heterocycles. The van der Waals surface area contributed by atoms with E-state index in [2.05, 4.69) is 37.1 Å². The number of nitrogens with one attached hydrogen (secondary N) is 1. The molecule has 15 heavy (non-hydrogen) atoms. The Bertz CT molecular complexity index is 399. The van der Waals surface area contributed by atoms with Crippen LogP contribution in [0.4, 0.5) is 11.4 Å². The number of rotatable bonds is 1. The van der Waals surface area contributed by atoms with Crippen LogP contribution in [0.2, 0.25) is 0 Å². The minimum atomic E-state index is 0.0711. The van der Waals surface area contributed by atoms with Gasteiger partial charge in [-0.1, -0.05) is 12.1 Å². The Kier molecular flexibility index (Phi) is 2.39. The molecule has 0 radical (unpaired) electrons. The number of aryl methyl sites for hydroxylation is 1. The first kappa shape index (κ1) is 10.0. The third-order valence-corrected chi connectivity index (χ3v) is 2.74. The number of fused-ring (bicyclic) bond motifs is 1. The number of para-hydroxylation sites is 1. The van der Waals surface area contributed by atoms with Crippen molar-refractivity contribution < 1.29 is 4.79 Å². The number of nitrogens with zero attached hydrogens (tertiary/aromatic N) is 1. The molecular formula is C12H16N2O. The zero-order chi connectivity index (χ0) is 11.0. The molecule has 0 spiro atoms. The fourth-order valence-electron chi connectivity index (χ4n) is 2.01. The summed E-state index contributed by atoms with van der Waals surface area (Å²) in [7, 11) is 0. The van der Waals surface area contributed by atoms with E-state index in [1.807, 2.05) is 12.1 Å². The zero-order valence-corrected chi connectivity index (χ0v) is 9.37. The first-order valence-electron chi connectivity index (χ1n) is 5.25. The molecule has 1 aliphatic heterocycles. The van der Waals surface area contributed by atoms with E-state index in [0.29, 0.717) is 12.6 Å². The van der Waals surface area contributed by atoms with Gasteiger partial charge in [-0.25, -0.2) is 0 Å². The smallest absolute Gasteiger partial charge is 0.243 e. The maximum Gasteiger partial charge on any atom is 0.243 e. The van der Waals surface area contributed by atoms with Crippen LogP contribution < -0.4 is 10.2 Å². The fourth-order valence-corrected chi connectivity index (χ4v) is 2.01. The van der Waals surface area contributed by atoms with E-state index in [9.17, 15) is 4.79 Å². The van der Waals surface area contributed by atoms with Gasteiger partial charge in [0.05, 0.1) is 17.9 Å². The molecule has 1 aliphatic rings. The Morgan fingerprint density at radius 1 is 1.40 bits per heavy atom. The second-order valence-electron chi connectivity index (χ2n) is 4.24. The molecular weight excluding hydrogens is 188 g/mol. The molecule has 0 unspecified atom stereocenters. The maximum atomic E-state index is 11.5. The molecule has 0 bridgehead atoms. The molecule has 80 valence electrons. The van der Waals surface area contributed by atoms with Crippen LogP contribution >= 0.6 is 0 Å². The molecule has 0 saturated carbocycles. The summed E-state index contributed by atoms with van der Waals surface area (Å²) in [6, 6.07) is 6.34. The molecule has 0 atom stereocenters. The van der Waals surface area contributed by atoms with Crippen LogP contribution in [0.5, 0.6) is 0 Å². The van der Waals surface area contributed by atoms with Gasteiger partial charge < -0.3 is 10.2 Å². The SMILES string of the molecule is Cc1cccc2c1N(C(C)C)CC(=O)N2.